The second-order valence-electron chi connectivity index (χ2n) is 14.7. The van der Waals surface area contributed by atoms with Gasteiger partial charge in [0.1, 0.15) is 9.79 Å². The Balaban J connectivity index is 1.24. The number of hydrogen-bond donors (Lipinski definition) is 4. The van der Waals surface area contributed by atoms with Crippen molar-refractivity contribution in [3.05, 3.63) is 95.1 Å². The molecule has 20 nitrogen and oxygen atoms in total. The summed E-state index contributed by atoms with van der Waals surface area (Å²) < 4.78 is 149. The third-order valence-corrected chi connectivity index (χ3v) is 18.2. The zero-order valence-electron chi connectivity index (χ0n) is 36.5. The predicted octanol–water partition coefficient (Wildman–Crippen LogP) is 4.37. The van der Waals surface area contributed by atoms with Crippen LogP contribution >= 0.6 is 23.5 Å². The topological polar surface area (TPSA) is 279 Å². The van der Waals surface area contributed by atoms with Gasteiger partial charge in [0.2, 0.25) is 20.0 Å². The maximum absolute atomic E-state index is 13.7. The molecule has 0 atom stereocenters. The zero-order chi connectivity index (χ0) is 49.3. The second-order valence-corrected chi connectivity index (χ2v) is 23.6. The van der Waals surface area contributed by atoms with E-state index >= 15 is 0 Å². The number of rotatable bonds is 20. The average Bonchev–Trinajstić information content (AvgIpc) is 3.31. The van der Waals surface area contributed by atoms with E-state index in [0.717, 1.165) is 24.3 Å². The minimum Gasteiger partial charge on any atom is -0.384 e. The lowest BCUT2D eigenvalue weighted by Crippen LogP contribution is -2.40. The molecule has 2 aliphatic heterocycles. The lowest BCUT2D eigenvalue weighted by Gasteiger charge is -2.27. The van der Waals surface area contributed by atoms with Gasteiger partial charge in [-0.25, -0.2) is 16.8 Å². The van der Waals surface area contributed by atoms with Gasteiger partial charge in [-0.3, -0.25) is 18.7 Å². The van der Waals surface area contributed by atoms with Crippen molar-refractivity contribution in [2.24, 2.45) is 0 Å². The van der Waals surface area contributed by atoms with Gasteiger partial charge in [0.25, 0.3) is 32.1 Å². The smallest absolute Gasteiger partial charge is 0.295 e. The normalized spacial score (nSPS) is 15.6. The van der Waals surface area contributed by atoms with Crippen LogP contribution in [0.15, 0.2) is 102 Å². The van der Waals surface area contributed by atoms with Gasteiger partial charge in [-0.15, -0.1) is 23.5 Å². The second kappa shape index (κ2) is 23.1. The quantitative estimate of drug-likeness (QED) is 0.0414. The molecule has 368 valence electrons. The van der Waals surface area contributed by atoms with E-state index < -0.39 is 61.9 Å². The van der Waals surface area contributed by atoms with Gasteiger partial charge in [0.15, 0.2) is 0 Å². The van der Waals surface area contributed by atoms with Crippen LogP contribution < -0.4 is 10.6 Å². The van der Waals surface area contributed by atoms with Crippen LogP contribution in [0.2, 0.25) is 0 Å². The molecule has 0 aliphatic carbocycles. The van der Waals surface area contributed by atoms with E-state index in [-0.39, 0.29) is 96.0 Å². The van der Waals surface area contributed by atoms with Crippen LogP contribution in [0.1, 0.15) is 31.8 Å². The third kappa shape index (κ3) is 13.3. The van der Waals surface area contributed by atoms with Crippen molar-refractivity contribution < 1.29 is 71.3 Å². The number of carbonyl (C=O) groups excluding carboxylic acids is 2. The fourth-order valence-corrected chi connectivity index (χ4v) is 13.9. The Bertz CT molecular complexity index is 2790. The van der Waals surface area contributed by atoms with Crippen LogP contribution in [0.5, 0.6) is 0 Å². The van der Waals surface area contributed by atoms with Gasteiger partial charge in [-0.1, -0.05) is 24.3 Å². The Kier molecular flexibility index (Phi) is 18.0. The van der Waals surface area contributed by atoms with Crippen LogP contribution in [0.4, 0.5) is 11.4 Å². The summed E-state index contributed by atoms with van der Waals surface area (Å²) in [7, 11) is -15.1. The van der Waals surface area contributed by atoms with E-state index in [1.807, 2.05) is 0 Å². The highest BCUT2D eigenvalue weighted by Crippen LogP contribution is 2.33. The van der Waals surface area contributed by atoms with Gasteiger partial charge >= 0.3 is 0 Å². The number of sulfonamides is 2. The van der Waals surface area contributed by atoms with Crippen molar-refractivity contribution in [1.82, 2.24) is 8.61 Å². The Labute approximate surface area is 403 Å². The molecule has 0 radical (unpaired) electrons. The van der Waals surface area contributed by atoms with Crippen molar-refractivity contribution in [2.45, 2.75) is 29.4 Å². The van der Waals surface area contributed by atoms with E-state index in [0.29, 0.717) is 34.5 Å². The summed E-state index contributed by atoms with van der Waals surface area (Å²) in [5, 5.41) is 5.04. The predicted molar refractivity (Wildman–Crippen MR) is 255 cm³/mol. The number of hydrogen-bond acceptors (Lipinski definition) is 16. The number of ether oxygens (including phenoxy) is 4. The summed E-state index contributed by atoms with van der Waals surface area (Å²) in [6, 6.07) is 15.1. The van der Waals surface area contributed by atoms with Crippen LogP contribution in [0, 0.1) is 0 Å². The Morgan fingerprint density at radius 1 is 0.574 bits per heavy atom. The molecule has 2 fully saturated rings. The molecule has 2 heterocycles. The minimum absolute atomic E-state index is 0.0742. The molecule has 0 spiro atoms. The fraction of sp³-hybridized carbons (Fsp3) is 0.333. The maximum Gasteiger partial charge on any atom is 0.295 e. The van der Waals surface area contributed by atoms with Crippen LogP contribution in [-0.4, -0.2) is 155 Å². The van der Waals surface area contributed by atoms with E-state index in [1.54, 1.807) is 0 Å². The first-order chi connectivity index (χ1) is 32.2. The molecule has 2 aliphatic rings. The molecule has 4 N–H and O–H groups in total. The summed E-state index contributed by atoms with van der Waals surface area (Å²) in [5.74, 6) is -0.765. The molecular formula is C42H48N4O16S6. The molecule has 4 aromatic rings. The van der Waals surface area contributed by atoms with Crippen LogP contribution in [0.3, 0.4) is 0 Å². The van der Waals surface area contributed by atoms with Crippen molar-refractivity contribution in [1.29, 1.82) is 0 Å². The molecule has 4 aromatic carbocycles. The number of methoxy groups -OCH3 is 2. The van der Waals surface area contributed by atoms with E-state index in [4.69, 9.17) is 18.9 Å². The molecule has 0 saturated carbocycles. The molecule has 0 bridgehead atoms. The summed E-state index contributed by atoms with van der Waals surface area (Å²) in [4.78, 5) is 26.2. The number of benzene rings is 4. The van der Waals surface area contributed by atoms with Gasteiger partial charge < -0.3 is 29.6 Å². The molecule has 2 amide bonds. The molecule has 0 aromatic heterocycles. The number of carbonyl (C=O) groups is 2. The molecule has 6 rings (SSSR count). The van der Waals surface area contributed by atoms with Crippen LogP contribution in [-0.2, 0) is 59.2 Å². The average molecular weight is 1060 g/mol. The number of morpholine rings is 2. The molecular weight excluding hydrogens is 1010 g/mol. The largest absolute Gasteiger partial charge is 0.384 e. The lowest BCUT2D eigenvalue weighted by molar-refractivity contribution is 0.0729. The Morgan fingerprint density at radius 2 is 0.941 bits per heavy atom. The summed E-state index contributed by atoms with van der Waals surface area (Å²) in [6.07, 6.45) is 2.25. The first-order valence-corrected chi connectivity index (χ1v) is 28.2. The monoisotopic (exact) mass is 1060 g/mol. The number of anilines is 2. The van der Waals surface area contributed by atoms with Crippen molar-refractivity contribution in [3.63, 3.8) is 0 Å². The Morgan fingerprint density at radius 3 is 1.28 bits per heavy atom. The van der Waals surface area contributed by atoms with Crippen molar-refractivity contribution >= 4 is 99.1 Å². The summed E-state index contributed by atoms with van der Waals surface area (Å²) >= 11 is 2.45. The number of amides is 2. The van der Waals surface area contributed by atoms with Gasteiger partial charge in [-0.05, 0) is 71.8 Å². The van der Waals surface area contributed by atoms with Gasteiger partial charge in [0.05, 0.1) is 49.4 Å². The highest BCUT2D eigenvalue weighted by molar-refractivity contribution is 8.00. The van der Waals surface area contributed by atoms with E-state index in [1.165, 1.54) is 107 Å². The molecule has 68 heavy (non-hydrogen) atoms. The Hall–Kier alpha value is -4.26. The maximum atomic E-state index is 13.7. The number of nitrogens with zero attached hydrogens (tertiary/aromatic N) is 2. The van der Waals surface area contributed by atoms with Crippen LogP contribution in [0.25, 0.3) is 12.2 Å². The first-order valence-electron chi connectivity index (χ1n) is 20.5. The first kappa shape index (κ1) is 53.1. The van der Waals surface area contributed by atoms with Crippen molar-refractivity contribution in [3.8, 4) is 0 Å². The highest BCUT2D eigenvalue weighted by atomic mass is 32.2. The fourth-order valence-electron chi connectivity index (χ4n) is 6.79. The molecule has 2 saturated heterocycles. The van der Waals surface area contributed by atoms with E-state index in [2.05, 4.69) is 10.6 Å². The highest BCUT2D eigenvalue weighted by Gasteiger charge is 2.32. The van der Waals surface area contributed by atoms with Crippen molar-refractivity contribution in [2.75, 3.05) is 102 Å². The third-order valence-electron chi connectivity index (χ3n) is 10.2. The van der Waals surface area contributed by atoms with E-state index in [9.17, 15) is 52.4 Å². The SMILES string of the molecule is COCCSc1ccc(C(=O)Nc2ccc(C=Cc3ccc(NC(=O)c4ccc(SCCOC)c(S(=O)(=O)N5CCOCC5)c4)cc3S(=O)(=O)O)c(S(=O)(=O)O)c2)cc1S(=O)(=O)N1CCOCC1. The van der Waals surface area contributed by atoms with Gasteiger partial charge in [-0.2, -0.15) is 25.4 Å². The molecule has 0 unspecified atom stereocenters. The number of thioether (sulfide) groups is 2. The standard InChI is InChI=1S/C42H48N4O16S6/c1-59-21-23-63-35-11-7-31(25-39(35)65(49,50)45-13-17-61-18-14-45)41(47)43-33-9-5-29(37(27-33)67(53,54)55)3-4-30-6-10-34(28-38(30)68(56,57)58)44-42(48)32-8-12-36(64-24-22-60-2)40(26-32)66(51,52)46-15-19-62-20-16-46/h3-12,25-28H,13-24H2,1-2H3,(H,43,47)(H,44,48)(H,53,54,55)(H,56,57,58). The summed E-state index contributed by atoms with van der Waals surface area (Å²) in [6.45, 7) is 1.91. The minimum atomic E-state index is -5.01. The van der Waals surface area contributed by atoms with Gasteiger partial charge in [0, 0.05) is 84.2 Å². The molecule has 26 heteroatoms. The number of nitrogens with one attached hydrogen (secondary N) is 2. The zero-order valence-corrected chi connectivity index (χ0v) is 41.4. The lowest BCUT2D eigenvalue weighted by atomic mass is 10.1. The summed E-state index contributed by atoms with van der Waals surface area (Å²) in [5.41, 5.74) is -0.719.